The number of hydrogen-bond donors (Lipinski definition) is 1. The second-order valence-corrected chi connectivity index (χ2v) is 2.70. The van der Waals surface area contributed by atoms with Crippen LogP contribution in [0.2, 0.25) is 0 Å². The van der Waals surface area contributed by atoms with E-state index in [1.807, 2.05) is 0 Å². The highest BCUT2D eigenvalue weighted by molar-refractivity contribution is 6.17. The number of aromatic hydroxyl groups is 1. The molecule has 12 heavy (non-hydrogen) atoms. The maximum atomic E-state index is 10.2. The maximum Gasteiger partial charge on any atom is 0.124 e. The van der Waals surface area contributed by atoms with Crippen LogP contribution >= 0.6 is 11.6 Å². The summed E-state index contributed by atoms with van der Waals surface area (Å²) in [6, 6.07) is 5.21. The van der Waals surface area contributed by atoms with Crippen molar-refractivity contribution in [3.05, 3.63) is 29.3 Å². The Morgan fingerprint density at radius 2 is 2.08 bits per heavy atom. The molecule has 64 valence electrons. The first-order valence-electron chi connectivity index (χ1n) is 3.59. The number of hydrogen-bond acceptors (Lipinski definition) is 2. The number of carbonyl (C=O) groups excluding carboxylic acids is 1. The van der Waals surface area contributed by atoms with Gasteiger partial charge in [-0.3, -0.25) is 0 Å². The molecule has 0 atom stereocenters. The Balaban J connectivity index is 3.04. The van der Waals surface area contributed by atoms with E-state index in [0.717, 1.165) is 6.29 Å². The number of alkyl halides is 1. The fourth-order valence-electron chi connectivity index (χ4n) is 1.01. The molecule has 0 amide bonds. The molecule has 1 rings (SSSR count). The minimum Gasteiger partial charge on any atom is -0.507 e. The van der Waals surface area contributed by atoms with Crippen molar-refractivity contribution >= 4 is 17.9 Å². The largest absolute Gasteiger partial charge is 0.507 e. The molecule has 0 fully saturated rings. The van der Waals surface area contributed by atoms with Gasteiger partial charge in [0.1, 0.15) is 12.0 Å². The Morgan fingerprint density at radius 3 is 2.67 bits per heavy atom. The molecule has 0 spiro atoms. The summed E-state index contributed by atoms with van der Waals surface area (Å²) in [6.07, 6.45) is 0.990. The molecule has 0 saturated heterocycles. The summed E-state index contributed by atoms with van der Waals surface area (Å²) in [7, 11) is 0. The van der Waals surface area contributed by atoms with Crippen molar-refractivity contribution in [2.24, 2.45) is 0 Å². The van der Waals surface area contributed by atoms with E-state index in [9.17, 15) is 9.90 Å². The average molecular weight is 185 g/mol. The third kappa shape index (κ3) is 1.77. The van der Waals surface area contributed by atoms with Crippen molar-refractivity contribution in [3.8, 4) is 5.75 Å². The van der Waals surface area contributed by atoms with E-state index in [0.29, 0.717) is 11.1 Å². The zero-order valence-corrected chi connectivity index (χ0v) is 7.21. The van der Waals surface area contributed by atoms with Gasteiger partial charge in [0.05, 0.1) is 5.88 Å². The van der Waals surface area contributed by atoms with Gasteiger partial charge < -0.3 is 9.90 Å². The topological polar surface area (TPSA) is 37.3 Å². The molecule has 1 N–H and O–H groups in total. The van der Waals surface area contributed by atoms with Gasteiger partial charge >= 0.3 is 0 Å². The van der Waals surface area contributed by atoms with Crippen molar-refractivity contribution in [2.45, 2.75) is 12.3 Å². The molecule has 0 unspecified atom stereocenters. The van der Waals surface area contributed by atoms with Gasteiger partial charge in [0, 0.05) is 17.5 Å². The van der Waals surface area contributed by atoms with E-state index < -0.39 is 0 Å². The minimum atomic E-state index is 0.139. The number of para-hydroxylation sites is 1. The molecule has 0 aliphatic carbocycles. The monoisotopic (exact) mass is 184 g/mol. The zero-order chi connectivity index (χ0) is 8.97. The molecule has 0 aliphatic rings. The van der Waals surface area contributed by atoms with E-state index in [2.05, 4.69) is 0 Å². The lowest BCUT2D eigenvalue weighted by Gasteiger charge is -2.04. The highest BCUT2D eigenvalue weighted by Gasteiger charge is 2.04. The quantitative estimate of drug-likeness (QED) is 0.575. The number of phenolic OH excluding ortho intramolecular Hbond substituents is 1. The first kappa shape index (κ1) is 9.07. The predicted octanol–water partition coefficient (Wildman–Crippen LogP) is 1.87. The third-order valence-electron chi connectivity index (χ3n) is 1.65. The predicted molar refractivity (Wildman–Crippen MR) is 47.4 cm³/mol. The van der Waals surface area contributed by atoms with Crippen LogP contribution in [0.15, 0.2) is 18.2 Å². The third-order valence-corrected chi connectivity index (χ3v) is 1.94. The molecule has 1 aromatic rings. The Bertz CT molecular complexity index is 284. The zero-order valence-electron chi connectivity index (χ0n) is 6.46. The molecular formula is C9H9ClO2. The fourth-order valence-corrected chi connectivity index (χ4v) is 1.22. The van der Waals surface area contributed by atoms with Gasteiger partial charge in [0.15, 0.2) is 0 Å². The molecule has 0 saturated carbocycles. The van der Waals surface area contributed by atoms with Crippen molar-refractivity contribution in [3.63, 3.8) is 0 Å². The highest BCUT2D eigenvalue weighted by Crippen LogP contribution is 2.23. The average Bonchev–Trinajstić information content (AvgIpc) is 2.09. The lowest BCUT2D eigenvalue weighted by molar-refractivity contribution is -0.107. The van der Waals surface area contributed by atoms with E-state index >= 15 is 0 Å². The SMILES string of the molecule is O=CCc1cccc(CCl)c1O. The number of carbonyl (C=O) groups is 1. The van der Waals surface area contributed by atoms with Crippen LogP contribution in [0.3, 0.4) is 0 Å². The van der Waals surface area contributed by atoms with E-state index in [-0.39, 0.29) is 18.1 Å². The Morgan fingerprint density at radius 1 is 1.42 bits per heavy atom. The van der Waals surface area contributed by atoms with Crippen molar-refractivity contribution in [1.29, 1.82) is 0 Å². The Labute approximate surface area is 75.8 Å². The number of aldehydes is 1. The summed E-state index contributed by atoms with van der Waals surface area (Å²) in [6.45, 7) is 0. The van der Waals surface area contributed by atoms with Gasteiger partial charge in [0.2, 0.25) is 0 Å². The van der Waals surface area contributed by atoms with Crippen LogP contribution in [0.1, 0.15) is 11.1 Å². The fraction of sp³-hybridized carbons (Fsp3) is 0.222. The van der Waals surface area contributed by atoms with Gasteiger partial charge in [-0.1, -0.05) is 18.2 Å². The van der Waals surface area contributed by atoms with Crippen LogP contribution in [0.5, 0.6) is 5.75 Å². The standard InChI is InChI=1S/C9H9ClO2/c10-6-8-3-1-2-7(4-5-11)9(8)12/h1-3,5,12H,4,6H2. The van der Waals surface area contributed by atoms with Gasteiger partial charge in [-0.05, 0) is 0 Å². The molecule has 3 heteroatoms. The van der Waals surface area contributed by atoms with Crippen LogP contribution in [-0.4, -0.2) is 11.4 Å². The number of rotatable bonds is 3. The molecule has 2 nitrogen and oxygen atoms in total. The van der Waals surface area contributed by atoms with Crippen molar-refractivity contribution in [2.75, 3.05) is 0 Å². The Hall–Kier alpha value is -1.02. The second-order valence-electron chi connectivity index (χ2n) is 2.43. The normalized spacial score (nSPS) is 9.75. The first-order chi connectivity index (χ1) is 5.79. The smallest absolute Gasteiger partial charge is 0.124 e. The van der Waals surface area contributed by atoms with Crippen molar-refractivity contribution in [1.82, 2.24) is 0 Å². The number of halogens is 1. The molecule has 0 radical (unpaired) electrons. The van der Waals surface area contributed by atoms with E-state index in [4.69, 9.17) is 11.6 Å². The maximum absolute atomic E-state index is 10.2. The molecule has 0 heterocycles. The van der Waals surface area contributed by atoms with Crippen LogP contribution < -0.4 is 0 Å². The summed E-state index contributed by atoms with van der Waals surface area (Å²) in [4.78, 5) is 10.2. The Kier molecular flexibility index (Phi) is 3.11. The molecule has 1 aromatic carbocycles. The number of phenols is 1. The molecule has 0 bridgehead atoms. The summed E-state index contributed by atoms with van der Waals surface area (Å²) < 4.78 is 0. The molecular weight excluding hydrogens is 176 g/mol. The van der Waals surface area contributed by atoms with E-state index in [1.165, 1.54) is 0 Å². The van der Waals surface area contributed by atoms with Gasteiger partial charge in [-0.15, -0.1) is 11.6 Å². The lowest BCUT2D eigenvalue weighted by atomic mass is 10.1. The lowest BCUT2D eigenvalue weighted by Crippen LogP contribution is -1.89. The first-order valence-corrected chi connectivity index (χ1v) is 4.12. The van der Waals surface area contributed by atoms with Gasteiger partial charge in [-0.2, -0.15) is 0 Å². The van der Waals surface area contributed by atoms with Crippen LogP contribution in [0.25, 0.3) is 0 Å². The van der Waals surface area contributed by atoms with E-state index in [1.54, 1.807) is 18.2 Å². The van der Waals surface area contributed by atoms with Crippen LogP contribution in [0.4, 0.5) is 0 Å². The minimum absolute atomic E-state index is 0.139. The highest BCUT2D eigenvalue weighted by atomic mass is 35.5. The number of benzene rings is 1. The summed E-state index contributed by atoms with van der Waals surface area (Å²) in [5.74, 6) is 0.401. The summed E-state index contributed by atoms with van der Waals surface area (Å²) >= 11 is 5.56. The second kappa shape index (κ2) is 4.12. The van der Waals surface area contributed by atoms with Gasteiger partial charge in [0.25, 0.3) is 0 Å². The van der Waals surface area contributed by atoms with Crippen LogP contribution in [-0.2, 0) is 17.1 Å². The summed E-state index contributed by atoms with van der Waals surface area (Å²) in [5.41, 5.74) is 1.29. The van der Waals surface area contributed by atoms with Crippen molar-refractivity contribution < 1.29 is 9.90 Å². The molecule has 0 aliphatic heterocycles. The van der Waals surface area contributed by atoms with Gasteiger partial charge in [-0.25, -0.2) is 0 Å². The summed E-state index contributed by atoms with van der Waals surface area (Å²) in [5, 5.41) is 9.48. The van der Waals surface area contributed by atoms with Crippen LogP contribution in [0, 0.1) is 0 Å². The molecule has 0 aromatic heterocycles.